The second-order valence-electron chi connectivity index (χ2n) is 3.51. The van der Waals surface area contributed by atoms with Crippen molar-refractivity contribution in [3.63, 3.8) is 0 Å². The van der Waals surface area contributed by atoms with Crippen LogP contribution in [0.1, 0.15) is 13.3 Å². The summed E-state index contributed by atoms with van der Waals surface area (Å²) in [6, 6.07) is 4.99. The maximum Gasteiger partial charge on any atom is 0.167 e. The molecule has 0 heterocycles. The van der Waals surface area contributed by atoms with Crippen molar-refractivity contribution in [2.24, 2.45) is 0 Å². The van der Waals surface area contributed by atoms with Crippen molar-refractivity contribution in [2.45, 2.75) is 13.3 Å². The van der Waals surface area contributed by atoms with Gasteiger partial charge in [0, 0.05) is 31.2 Å². The molecular weight excluding hydrogens is 229 g/mol. The lowest BCUT2D eigenvalue weighted by atomic mass is 10.2. The number of anilines is 1. The van der Waals surface area contributed by atoms with Gasteiger partial charge in [0.2, 0.25) is 0 Å². The van der Waals surface area contributed by atoms with Gasteiger partial charge in [-0.15, -0.1) is 11.6 Å². The fourth-order valence-corrected chi connectivity index (χ4v) is 1.55. The van der Waals surface area contributed by atoms with Crippen LogP contribution in [0.15, 0.2) is 18.2 Å². The van der Waals surface area contributed by atoms with E-state index in [-0.39, 0.29) is 5.82 Å². The highest BCUT2D eigenvalue weighted by molar-refractivity contribution is 6.17. The van der Waals surface area contributed by atoms with Gasteiger partial charge in [-0.2, -0.15) is 0 Å². The molecule has 0 N–H and O–H groups in total. The molecule has 1 aromatic carbocycles. The molecule has 0 aliphatic rings. The lowest BCUT2D eigenvalue weighted by Crippen LogP contribution is -2.18. The van der Waals surface area contributed by atoms with Crippen molar-refractivity contribution < 1.29 is 9.13 Å². The SMILES string of the molecule is CCOc1ccc(N(C)CCCCl)cc1F. The Labute approximate surface area is 101 Å². The van der Waals surface area contributed by atoms with E-state index in [0.717, 1.165) is 18.7 Å². The summed E-state index contributed by atoms with van der Waals surface area (Å²) in [6.07, 6.45) is 0.882. The van der Waals surface area contributed by atoms with Crippen LogP contribution in [0.5, 0.6) is 5.75 Å². The third-order valence-corrected chi connectivity index (χ3v) is 2.55. The van der Waals surface area contributed by atoms with Crippen molar-refractivity contribution >= 4 is 17.3 Å². The third-order valence-electron chi connectivity index (χ3n) is 2.28. The molecule has 16 heavy (non-hydrogen) atoms. The van der Waals surface area contributed by atoms with Crippen LogP contribution in [-0.2, 0) is 0 Å². The standard InChI is InChI=1S/C12H17ClFNO/c1-3-16-12-6-5-10(9-11(12)14)15(2)8-4-7-13/h5-6,9H,3-4,7-8H2,1-2H3. The molecule has 0 aromatic heterocycles. The highest BCUT2D eigenvalue weighted by Crippen LogP contribution is 2.23. The summed E-state index contributed by atoms with van der Waals surface area (Å²) in [6.45, 7) is 3.12. The van der Waals surface area contributed by atoms with E-state index in [1.807, 2.05) is 24.9 Å². The quantitative estimate of drug-likeness (QED) is 0.713. The van der Waals surface area contributed by atoms with E-state index in [1.165, 1.54) is 6.07 Å². The largest absolute Gasteiger partial charge is 0.491 e. The van der Waals surface area contributed by atoms with Gasteiger partial charge < -0.3 is 9.64 Å². The van der Waals surface area contributed by atoms with Crippen LogP contribution in [0.4, 0.5) is 10.1 Å². The molecule has 0 saturated carbocycles. The number of alkyl halides is 1. The van der Waals surface area contributed by atoms with E-state index in [0.29, 0.717) is 18.2 Å². The Morgan fingerprint density at radius 1 is 1.44 bits per heavy atom. The van der Waals surface area contributed by atoms with Gasteiger partial charge in [0.25, 0.3) is 0 Å². The van der Waals surface area contributed by atoms with E-state index >= 15 is 0 Å². The zero-order chi connectivity index (χ0) is 12.0. The minimum atomic E-state index is -0.322. The fraction of sp³-hybridized carbons (Fsp3) is 0.500. The molecular formula is C12H17ClFNO. The van der Waals surface area contributed by atoms with Gasteiger partial charge in [0.1, 0.15) is 0 Å². The van der Waals surface area contributed by atoms with Gasteiger partial charge in [-0.1, -0.05) is 0 Å². The first-order chi connectivity index (χ1) is 7.69. The molecule has 90 valence electrons. The highest BCUT2D eigenvalue weighted by atomic mass is 35.5. The molecule has 0 unspecified atom stereocenters. The Kier molecular flexibility index (Phi) is 5.39. The Hall–Kier alpha value is -0.960. The van der Waals surface area contributed by atoms with E-state index < -0.39 is 0 Å². The predicted octanol–water partition coefficient (Wildman–Crippen LogP) is 3.29. The molecule has 0 amide bonds. The van der Waals surface area contributed by atoms with Crippen molar-refractivity contribution in [1.29, 1.82) is 0 Å². The smallest absolute Gasteiger partial charge is 0.167 e. The number of benzene rings is 1. The first kappa shape index (κ1) is 13.1. The molecule has 0 bridgehead atoms. The van der Waals surface area contributed by atoms with Gasteiger partial charge >= 0.3 is 0 Å². The number of nitrogens with zero attached hydrogens (tertiary/aromatic N) is 1. The van der Waals surface area contributed by atoms with E-state index in [4.69, 9.17) is 16.3 Å². The van der Waals surface area contributed by atoms with E-state index in [1.54, 1.807) is 6.07 Å². The summed E-state index contributed by atoms with van der Waals surface area (Å²) in [5.74, 6) is 0.596. The van der Waals surface area contributed by atoms with Gasteiger partial charge in [0.05, 0.1) is 6.61 Å². The molecule has 0 fully saturated rings. The molecule has 0 atom stereocenters. The second kappa shape index (κ2) is 6.59. The third kappa shape index (κ3) is 3.56. The summed E-state index contributed by atoms with van der Waals surface area (Å²) in [5.41, 5.74) is 0.839. The maximum absolute atomic E-state index is 13.5. The van der Waals surface area contributed by atoms with E-state index in [2.05, 4.69) is 0 Å². The van der Waals surface area contributed by atoms with Crippen LogP contribution in [0.25, 0.3) is 0 Å². The summed E-state index contributed by atoms with van der Waals surface area (Å²) < 4.78 is 18.7. The Bertz CT molecular complexity index is 333. The summed E-state index contributed by atoms with van der Waals surface area (Å²) >= 11 is 5.61. The minimum Gasteiger partial charge on any atom is -0.491 e. The predicted molar refractivity (Wildman–Crippen MR) is 66.2 cm³/mol. The lowest BCUT2D eigenvalue weighted by Gasteiger charge is -2.19. The fourth-order valence-electron chi connectivity index (χ4n) is 1.43. The molecule has 0 radical (unpaired) electrons. The van der Waals surface area contributed by atoms with Gasteiger partial charge in [-0.3, -0.25) is 0 Å². The van der Waals surface area contributed by atoms with Crippen molar-refractivity contribution in [1.82, 2.24) is 0 Å². The van der Waals surface area contributed by atoms with Crippen LogP contribution >= 0.6 is 11.6 Å². The van der Waals surface area contributed by atoms with Gasteiger partial charge in [-0.05, 0) is 25.5 Å². The van der Waals surface area contributed by atoms with Crippen LogP contribution in [0.2, 0.25) is 0 Å². The topological polar surface area (TPSA) is 12.5 Å². The first-order valence-corrected chi connectivity index (χ1v) is 5.92. The first-order valence-electron chi connectivity index (χ1n) is 5.38. The Morgan fingerprint density at radius 3 is 2.75 bits per heavy atom. The number of hydrogen-bond donors (Lipinski definition) is 0. The Balaban J connectivity index is 2.71. The molecule has 0 aliphatic heterocycles. The minimum absolute atomic E-state index is 0.303. The summed E-state index contributed by atoms with van der Waals surface area (Å²) in [7, 11) is 1.92. The average Bonchev–Trinajstić information content (AvgIpc) is 2.29. The number of rotatable bonds is 6. The second-order valence-corrected chi connectivity index (χ2v) is 3.89. The maximum atomic E-state index is 13.5. The van der Waals surface area contributed by atoms with Crippen LogP contribution in [0, 0.1) is 5.82 Å². The average molecular weight is 246 g/mol. The van der Waals surface area contributed by atoms with Gasteiger partial charge in [0.15, 0.2) is 11.6 Å². The molecule has 1 rings (SSSR count). The number of hydrogen-bond acceptors (Lipinski definition) is 2. The van der Waals surface area contributed by atoms with E-state index in [9.17, 15) is 4.39 Å². The highest BCUT2D eigenvalue weighted by Gasteiger charge is 2.06. The summed E-state index contributed by atoms with van der Waals surface area (Å²) in [4.78, 5) is 1.97. The van der Waals surface area contributed by atoms with Crippen LogP contribution in [-0.4, -0.2) is 26.1 Å². The lowest BCUT2D eigenvalue weighted by molar-refractivity contribution is 0.321. The van der Waals surface area contributed by atoms with Crippen LogP contribution < -0.4 is 9.64 Å². The molecule has 2 nitrogen and oxygen atoms in total. The zero-order valence-electron chi connectivity index (χ0n) is 9.67. The molecule has 0 aliphatic carbocycles. The summed E-state index contributed by atoms with van der Waals surface area (Å²) in [5, 5.41) is 0. The molecule has 0 saturated heterocycles. The number of ether oxygens (including phenoxy) is 1. The normalized spacial score (nSPS) is 10.2. The van der Waals surface area contributed by atoms with Crippen molar-refractivity contribution in [3.8, 4) is 5.75 Å². The van der Waals surface area contributed by atoms with Gasteiger partial charge in [-0.25, -0.2) is 4.39 Å². The van der Waals surface area contributed by atoms with Crippen molar-refractivity contribution in [3.05, 3.63) is 24.0 Å². The Morgan fingerprint density at radius 2 is 2.19 bits per heavy atom. The monoisotopic (exact) mass is 245 g/mol. The number of halogens is 2. The van der Waals surface area contributed by atoms with Crippen molar-refractivity contribution in [2.75, 3.05) is 31.0 Å². The molecule has 1 aromatic rings. The molecule has 0 spiro atoms. The van der Waals surface area contributed by atoms with Crippen LogP contribution in [0.3, 0.4) is 0 Å². The zero-order valence-corrected chi connectivity index (χ0v) is 10.4. The molecule has 4 heteroatoms.